The summed E-state index contributed by atoms with van der Waals surface area (Å²) in [4.78, 5) is 0. The van der Waals surface area contributed by atoms with Crippen LogP contribution in [0, 0.1) is 5.82 Å². The minimum atomic E-state index is -0.468. The molecule has 0 fully saturated rings. The quantitative estimate of drug-likeness (QED) is 0.202. The fourth-order valence-corrected chi connectivity index (χ4v) is 6.08. The van der Waals surface area contributed by atoms with Gasteiger partial charge in [-0.3, -0.25) is 0 Å². The van der Waals surface area contributed by atoms with Crippen molar-refractivity contribution in [3.05, 3.63) is 125 Å². The van der Waals surface area contributed by atoms with Crippen LogP contribution in [0.25, 0.3) is 76.9 Å². The molecule has 0 saturated carbocycles. The molecule has 9 rings (SSSR count). The monoisotopic (exact) mass is 604 g/mol. The number of halogens is 3. The minimum absolute atomic E-state index is 0.0451. The number of para-hydroxylation sites is 2. The Morgan fingerprint density at radius 2 is 1.09 bits per heavy atom. The van der Waals surface area contributed by atoms with Gasteiger partial charge in [-0.2, -0.15) is 0 Å². The Bertz CT molecular complexity index is 2520. The molecular formula is C36H19Cl2FO4. The molecule has 0 amide bonds. The Morgan fingerprint density at radius 3 is 1.86 bits per heavy atom. The molecule has 0 saturated heterocycles. The molecule has 3 heterocycles. The van der Waals surface area contributed by atoms with E-state index >= 15 is 0 Å². The minimum Gasteiger partial charge on any atom is -0.507 e. The summed E-state index contributed by atoms with van der Waals surface area (Å²) in [6.07, 6.45) is 0. The fraction of sp³-hybridized carbons (Fsp3) is 0. The molecule has 3 aromatic heterocycles. The van der Waals surface area contributed by atoms with E-state index in [4.69, 9.17) is 36.5 Å². The van der Waals surface area contributed by atoms with Gasteiger partial charge in [-0.25, -0.2) is 4.39 Å². The van der Waals surface area contributed by atoms with E-state index < -0.39 is 5.82 Å². The lowest BCUT2D eigenvalue weighted by Gasteiger charge is -2.07. The topological polar surface area (TPSA) is 59.7 Å². The number of furan rings is 3. The van der Waals surface area contributed by atoms with Crippen molar-refractivity contribution in [2.45, 2.75) is 0 Å². The Hall–Kier alpha value is -4.97. The maximum absolute atomic E-state index is 14.4. The first-order valence-corrected chi connectivity index (χ1v) is 14.2. The van der Waals surface area contributed by atoms with Crippen LogP contribution in [0.3, 0.4) is 0 Å². The van der Waals surface area contributed by atoms with Crippen LogP contribution < -0.4 is 0 Å². The van der Waals surface area contributed by atoms with Crippen LogP contribution in [-0.4, -0.2) is 5.11 Å². The SMILES string of the molecule is Clc1ccc2oc3ccc4c5ccccc5oc4c3c2c1.Oc1ccc(Cl)cc1-c1c(F)ccc2c1oc1ccccc12. The third kappa shape index (κ3) is 4.12. The van der Waals surface area contributed by atoms with E-state index in [2.05, 4.69) is 6.07 Å². The second kappa shape index (κ2) is 9.80. The second-order valence-corrected chi connectivity index (χ2v) is 11.1. The van der Waals surface area contributed by atoms with Crippen molar-refractivity contribution < 1.29 is 22.7 Å². The Kier molecular flexibility index (Phi) is 5.86. The fourth-order valence-electron chi connectivity index (χ4n) is 5.74. The molecule has 0 aliphatic heterocycles. The molecule has 0 radical (unpaired) electrons. The molecule has 43 heavy (non-hydrogen) atoms. The molecule has 4 nitrogen and oxygen atoms in total. The predicted octanol–water partition coefficient (Wildman–Crippen LogP) is 11.9. The molecule has 208 valence electrons. The highest BCUT2D eigenvalue weighted by Gasteiger charge is 2.19. The molecule has 0 unspecified atom stereocenters. The van der Waals surface area contributed by atoms with Gasteiger partial charge in [-0.1, -0.05) is 59.6 Å². The van der Waals surface area contributed by atoms with Crippen molar-refractivity contribution >= 4 is 89.0 Å². The first-order chi connectivity index (χ1) is 21.0. The summed E-state index contributed by atoms with van der Waals surface area (Å²) in [5.41, 5.74) is 4.99. The average Bonchev–Trinajstić information content (AvgIpc) is 3.69. The molecule has 1 N–H and O–H groups in total. The molecule has 0 aliphatic carbocycles. The Morgan fingerprint density at radius 1 is 0.512 bits per heavy atom. The maximum atomic E-state index is 14.4. The summed E-state index contributed by atoms with van der Waals surface area (Å²) in [5.74, 6) is -0.514. The van der Waals surface area contributed by atoms with Crippen LogP contribution in [0.1, 0.15) is 0 Å². The number of fused-ring (bicyclic) bond motifs is 10. The highest BCUT2D eigenvalue weighted by atomic mass is 35.5. The predicted molar refractivity (Wildman–Crippen MR) is 172 cm³/mol. The summed E-state index contributed by atoms with van der Waals surface area (Å²) in [7, 11) is 0. The molecule has 0 spiro atoms. The number of benzene rings is 6. The second-order valence-electron chi connectivity index (χ2n) is 10.2. The summed E-state index contributed by atoms with van der Waals surface area (Å²) in [6, 6.07) is 32.8. The molecule has 0 atom stereocenters. The van der Waals surface area contributed by atoms with Crippen LogP contribution in [0.4, 0.5) is 4.39 Å². The lowest BCUT2D eigenvalue weighted by Crippen LogP contribution is -1.86. The molecule has 0 bridgehead atoms. The zero-order chi connectivity index (χ0) is 29.2. The van der Waals surface area contributed by atoms with Gasteiger partial charge in [0.15, 0.2) is 0 Å². The molecular weight excluding hydrogens is 586 g/mol. The van der Waals surface area contributed by atoms with Crippen LogP contribution in [-0.2, 0) is 0 Å². The zero-order valence-corrected chi connectivity index (χ0v) is 23.7. The highest BCUT2D eigenvalue weighted by Crippen LogP contribution is 2.42. The lowest BCUT2D eigenvalue weighted by molar-refractivity contribution is 0.476. The van der Waals surface area contributed by atoms with Crippen LogP contribution in [0.15, 0.2) is 122 Å². The van der Waals surface area contributed by atoms with Gasteiger partial charge in [0.2, 0.25) is 0 Å². The summed E-state index contributed by atoms with van der Waals surface area (Å²) in [6.45, 7) is 0. The number of aromatic hydroxyl groups is 1. The van der Waals surface area contributed by atoms with Gasteiger partial charge in [0.05, 0.1) is 10.9 Å². The van der Waals surface area contributed by atoms with Gasteiger partial charge in [0, 0.05) is 42.5 Å². The lowest BCUT2D eigenvalue weighted by atomic mass is 10.0. The average molecular weight is 605 g/mol. The Labute approximate surface area is 253 Å². The number of rotatable bonds is 1. The summed E-state index contributed by atoms with van der Waals surface area (Å²) in [5, 5.41) is 17.1. The smallest absolute Gasteiger partial charge is 0.147 e. The molecule has 9 aromatic rings. The van der Waals surface area contributed by atoms with Crippen molar-refractivity contribution in [3.63, 3.8) is 0 Å². The number of phenols is 1. The van der Waals surface area contributed by atoms with Crippen LogP contribution in [0.2, 0.25) is 10.0 Å². The van der Waals surface area contributed by atoms with E-state index in [0.29, 0.717) is 26.8 Å². The maximum Gasteiger partial charge on any atom is 0.147 e. The van der Waals surface area contributed by atoms with Gasteiger partial charge in [-0.05, 0) is 72.8 Å². The van der Waals surface area contributed by atoms with Gasteiger partial charge >= 0.3 is 0 Å². The van der Waals surface area contributed by atoms with E-state index in [1.54, 1.807) is 12.1 Å². The standard InChI is InChI=1S/C18H10ClFO2.C18H9ClO2/c19-10-5-8-15(21)13(9-10)17-14(20)7-6-12-11-3-1-2-4-16(11)22-18(12)17;19-10-5-7-15-13(9-10)17-16(20-15)8-6-12-11-3-1-2-4-14(11)21-18(12)17/h1-9,21H;1-9H. The van der Waals surface area contributed by atoms with E-state index in [1.165, 1.54) is 18.2 Å². The largest absolute Gasteiger partial charge is 0.507 e. The molecule has 6 aromatic carbocycles. The van der Waals surface area contributed by atoms with Crippen molar-refractivity contribution in [2.75, 3.05) is 0 Å². The highest BCUT2D eigenvalue weighted by molar-refractivity contribution is 6.32. The van der Waals surface area contributed by atoms with E-state index in [-0.39, 0.29) is 11.3 Å². The van der Waals surface area contributed by atoms with Gasteiger partial charge in [-0.15, -0.1) is 0 Å². The van der Waals surface area contributed by atoms with E-state index in [0.717, 1.165) is 54.6 Å². The van der Waals surface area contributed by atoms with Crippen molar-refractivity contribution in [3.8, 4) is 16.9 Å². The third-order valence-corrected chi connectivity index (χ3v) is 8.13. The van der Waals surface area contributed by atoms with Crippen LogP contribution in [0.5, 0.6) is 5.75 Å². The first kappa shape index (κ1) is 25.7. The van der Waals surface area contributed by atoms with Gasteiger partial charge in [0.1, 0.15) is 45.1 Å². The van der Waals surface area contributed by atoms with E-state index in [9.17, 15) is 9.50 Å². The van der Waals surface area contributed by atoms with Crippen LogP contribution >= 0.6 is 23.2 Å². The number of hydrogen-bond acceptors (Lipinski definition) is 4. The third-order valence-electron chi connectivity index (χ3n) is 7.66. The van der Waals surface area contributed by atoms with E-state index in [1.807, 2.05) is 72.8 Å². The molecule has 0 aliphatic rings. The Balaban J connectivity index is 0.000000129. The van der Waals surface area contributed by atoms with Gasteiger partial charge < -0.3 is 18.4 Å². The first-order valence-electron chi connectivity index (χ1n) is 13.5. The number of hydrogen-bond donors (Lipinski definition) is 1. The molecule has 7 heteroatoms. The number of phenolic OH excluding ortho intramolecular Hbond substituents is 1. The van der Waals surface area contributed by atoms with Crippen molar-refractivity contribution in [1.82, 2.24) is 0 Å². The zero-order valence-electron chi connectivity index (χ0n) is 22.2. The van der Waals surface area contributed by atoms with Crippen molar-refractivity contribution in [1.29, 1.82) is 0 Å². The van der Waals surface area contributed by atoms with Crippen molar-refractivity contribution in [2.24, 2.45) is 0 Å². The summed E-state index contributed by atoms with van der Waals surface area (Å²) >= 11 is 12.1. The summed E-state index contributed by atoms with van der Waals surface area (Å²) < 4.78 is 32.2. The van der Waals surface area contributed by atoms with Gasteiger partial charge in [0.25, 0.3) is 0 Å². The normalized spacial score (nSPS) is 11.7.